The topological polar surface area (TPSA) is 33.3 Å². The van der Waals surface area contributed by atoms with Crippen LogP contribution in [0.5, 0.6) is 5.75 Å². The molecule has 2 N–H and O–H groups in total. The van der Waals surface area contributed by atoms with E-state index in [1.165, 1.54) is 36.0 Å². The number of hydrogen-bond donors (Lipinski definition) is 2. The third-order valence-corrected chi connectivity index (χ3v) is 6.07. The lowest BCUT2D eigenvalue weighted by atomic mass is 9.93. The summed E-state index contributed by atoms with van der Waals surface area (Å²) in [7, 11) is 0. The van der Waals surface area contributed by atoms with Gasteiger partial charge in [-0.2, -0.15) is 0 Å². The molecule has 1 aliphatic carbocycles. The van der Waals surface area contributed by atoms with Gasteiger partial charge in [-0.3, -0.25) is 0 Å². The second-order valence-corrected chi connectivity index (χ2v) is 7.88. The molecule has 27 heavy (non-hydrogen) atoms. The fourth-order valence-corrected chi connectivity index (χ4v) is 4.72. The van der Waals surface area contributed by atoms with Crippen LogP contribution in [0.25, 0.3) is 0 Å². The van der Waals surface area contributed by atoms with Crippen molar-refractivity contribution >= 4 is 0 Å². The molecule has 0 amide bonds. The molecule has 2 unspecified atom stereocenters. The molecule has 4 rings (SSSR count). The lowest BCUT2D eigenvalue weighted by molar-refractivity contribution is 0.297. The van der Waals surface area contributed by atoms with Crippen molar-refractivity contribution in [2.45, 2.75) is 57.5 Å². The van der Waals surface area contributed by atoms with Crippen LogP contribution in [0.3, 0.4) is 0 Å². The van der Waals surface area contributed by atoms with Gasteiger partial charge >= 0.3 is 0 Å². The molecule has 3 heteroatoms. The number of nitrogens with one attached hydrogen (secondary N) is 2. The smallest absolute Gasteiger partial charge is 0.124 e. The normalized spacial score (nSPS) is 20.9. The first kappa shape index (κ1) is 18.5. The second kappa shape index (κ2) is 8.90. The Morgan fingerprint density at radius 1 is 1.11 bits per heavy atom. The Balaban J connectivity index is 1.26. The zero-order chi connectivity index (χ0) is 18.5. The predicted octanol–water partition coefficient (Wildman–Crippen LogP) is 4.20. The molecular formula is C24H32N2O. The zero-order valence-corrected chi connectivity index (χ0v) is 16.5. The first-order valence-corrected chi connectivity index (χ1v) is 10.6. The molecule has 0 spiro atoms. The van der Waals surface area contributed by atoms with Crippen molar-refractivity contribution in [1.29, 1.82) is 0 Å². The van der Waals surface area contributed by atoms with E-state index in [1.54, 1.807) is 5.56 Å². The highest BCUT2D eigenvalue weighted by Crippen LogP contribution is 2.36. The highest BCUT2D eigenvalue weighted by atomic mass is 16.5. The molecule has 2 aromatic rings. The maximum Gasteiger partial charge on any atom is 0.124 e. The summed E-state index contributed by atoms with van der Waals surface area (Å²) < 4.78 is 6.13. The maximum atomic E-state index is 6.13. The van der Waals surface area contributed by atoms with Crippen molar-refractivity contribution in [3.8, 4) is 5.75 Å². The average Bonchev–Trinajstić information content (AvgIpc) is 3.06. The van der Waals surface area contributed by atoms with Crippen LogP contribution in [0.4, 0.5) is 0 Å². The Bertz CT molecular complexity index is 758. The Labute approximate surface area is 163 Å². The van der Waals surface area contributed by atoms with E-state index in [0.717, 1.165) is 44.8 Å². The predicted molar refractivity (Wildman–Crippen MR) is 112 cm³/mol. The quantitative estimate of drug-likeness (QED) is 0.689. The van der Waals surface area contributed by atoms with E-state index >= 15 is 0 Å². The SMILES string of the molecule is CCCC1c2ccccc2CC1NCCCOc1cccc2c1CNCC2. The Morgan fingerprint density at radius 3 is 2.93 bits per heavy atom. The Hall–Kier alpha value is -1.84. The summed E-state index contributed by atoms with van der Waals surface area (Å²) in [6.45, 7) is 6.10. The first-order valence-electron chi connectivity index (χ1n) is 10.6. The van der Waals surface area contributed by atoms with Crippen molar-refractivity contribution in [1.82, 2.24) is 10.6 Å². The third-order valence-electron chi connectivity index (χ3n) is 6.07. The van der Waals surface area contributed by atoms with E-state index in [1.807, 2.05) is 0 Å². The number of fused-ring (bicyclic) bond motifs is 2. The molecule has 2 aromatic carbocycles. The summed E-state index contributed by atoms with van der Waals surface area (Å²) in [6.07, 6.45) is 5.83. The highest BCUT2D eigenvalue weighted by molar-refractivity contribution is 5.41. The summed E-state index contributed by atoms with van der Waals surface area (Å²) in [5.41, 5.74) is 5.89. The molecule has 1 heterocycles. The monoisotopic (exact) mass is 364 g/mol. The third kappa shape index (κ3) is 4.20. The van der Waals surface area contributed by atoms with Crippen LogP contribution in [0, 0.1) is 0 Å². The number of rotatable bonds is 8. The summed E-state index contributed by atoms with van der Waals surface area (Å²) in [5.74, 6) is 1.73. The van der Waals surface area contributed by atoms with E-state index < -0.39 is 0 Å². The average molecular weight is 365 g/mol. The molecule has 0 bridgehead atoms. The van der Waals surface area contributed by atoms with E-state index in [0.29, 0.717) is 12.0 Å². The zero-order valence-electron chi connectivity index (χ0n) is 16.5. The van der Waals surface area contributed by atoms with Gasteiger partial charge in [0, 0.05) is 18.2 Å². The van der Waals surface area contributed by atoms with Crippen molar-refractivity contribution in [3.05, 3.63) is 64.7 Å². The summed E-state index contributed by atoms with van der Waals surface area (Å²) >= 11 is 0. The molecular weight excluding hydrogens is 332 g/mol. The lowest BCUT2D eigenvalue weighted by Crippen LogP contribution is -2.34. The van der Waals surface area contributed by atoms with Gasteiger partial charge in [0.05, 0.1) is 6.61 Å². The number of ether oxygens (including phenoxy) is 1. The van der Waals surface area contributed by atoms with Crippen LogP contribution in [0.15, 0.2) is 42.5 Å². The number of hydrogen-bond acceptors (Lipinski definition) is 3. The van der Waals surface area contributed by atoms with Gasteiger partial charge in [0.2, 0.25) is 0 Å². The van der Waals surface area contributed by atoms with Crippen LogP contribution in [0.2, 0.25) is 0 Å². The van der Waals surface area contributed by atoms with Gasteiger partial charge in [0.1, 0.15) is 5.75 Å². The fourth-order valence-electron chi connectivity index (χ4n) is 4.72. The van der Waals surface area contributed by atoms with Crippen LogP contribution in [-0.2, 0) is 19.4 Å². The lowest BCUT2D eigenvalue weighted by Gasteiger charge is -2.22. The Kier molecular flexibility index (Phi) is 6.10. The van der Waals surface area contributed by atoms with Crippen molar-refractivity contribution < 1.29 is 4.74 Å². The molecule has 0 saturated carbocycles. The van der Waals surface area contributed by atoms with Crippen molar-refractivity contribution in [2.24, 2.45) is 0 Å². The van der Waals surface area contributed by atoms with Crippen LogP contribution in [0.1, 0.15) is 54.4 Å². The fraction of sp³-hybridized carbons (Fsp3) is 0.500. The van der Waals surface area contributed by atoms with Gasteiger partial charge in [-0.1, -0.05) is 49.7 Å². The minimum absolute atomic E-state index is 0.580. The Morgan fingerprint density at radius 2 is 2.00 bits per heavy atom. The van der Waals surface area contributed by atoms with Gasteiger partial charge in [0.25, 0.3) is 0 Å². The molecule has 144 valence electrons. The maximum absolute atomic E-state index is 6.13. The van der Waals surface area contributed by atoms with E-state index in [2.05, 4.69) is 60.0 Å². The van der Waals surface area contributed by atoms with Crippen molar-refractivity contribution in [3.63, 3.8) is 0 Å². The first-order chi connectivity index (χ1) is 13.4. The second-order valence-electron chi connectivity index (χ2n) is 7.88. The van der Waals surface area contributed by atoms with Gasteiger partial charge in [-0.15, -0.1) is 0 Å². The van der Waals surface area contributed by atoms with Gasteiger partial charge in [-0.05, 0) is 67.4 Å². The summed E-state index contributed by atoms with van der Waals surface area (Å²) in [6, 6.07) is 16.0. The molecule has 2 aliphatic rings. The van der Waals surface area contributed by atoms with E-state index in [9.17, 15) is 0 Å². The molecule has 0 radical (unpaired) electrons. The van der Waals surface area contributed by atoms with E-state index in [-0.39, 0.29) is 0 Å². The molecule has 0 aromatic heterocycles. The molecule has 3 nitrogen and oxygen atoms in total. The van der Waals surface area contributed by atoms with Gasteiger partial charge in [0.15, 0.2) is 0 Å². The summed E-state index contributed by atoms with van der Waals surface area (Å²) in [5, 5.41) is 7.27. The van der Waals surface area contributed by atoms with Crippen LogP contribution < -0.4 is 15.4 Å². The van der Waals surface area contributed by atoms with Gasteiger partial charge < -0.3 is 15.4 Å². The van der Waals surface area contributed by atoms with Gasteiger partial charge in [-0.25, -0.2) is 0 Å². The summed E-state index contributed by atoms with van der Waals surface area (Å²) in [4.78, 5) is 0. The van der Waals surface area contributed by atoms with Crippen molar-refractivity contribution in [2.75, 3.05) is 19.7 Å². The largest absolute Gasteiger partial charge is 0.493 e. The molecule has 2 atom stereocenters. The number of benzene rings is 2. The standard InChI is InChI=1S/C24H32N2O/c1-2-7-21-20-10-4-3-8-19(20)16-23(21)26-13-6-15-27-24-11-5-9-18-12-14-25-17-22(18)24/h3-5,8-11,21,23,25-26H,2,6-7,12-17H2,1H3. The molecule has 0 saturated heterocycles. The van der Waals surface area contributed by atoms with Crippen LogP contribution >= 0.6 is 0 Å². The van der Waals surface area contributed by atoms with Crippen LogP contribution in [-0.4, -0.2) is 25.7 Å². The minimum atomic E-state index is 0.580. The molecule has 1 aliphatic heterocycles. The van der Waals surface area contributed by atoms with E-state index in [4.69, 9.17) is 4.74 Å². The minimum Gasteiger partial charge on any atom is -0.493 e. The highest BCUT2D eigenvalue weighted by Gasteiger charge is 2.30. The molecule has 0 fully saturated rings.